The van der Waals surface area contributed by atoms with Crippen LogP contribution in [0.15, 0.2) is 79.1 Å². The van der Waals surface area contributed by atoms with Crippen molar-refractivity contribution in [3.63, 3.8) is 0 Å². The lowest BCUT2D eigenvalue weighted by molar-refractivity contribution is 0.185. The molecule has 1 unspecified atom stereocenters. The Morgan fingerprint density at radius 1 is 1.08 bits per heavy atom. The van der Waals surface area contributed by atoms with Crippen molar-refractivity contribution in [2.45, 2.75) is 52.2 Å². The van der Waals surface area contributed by atoms with Crippen LogP contribution in [0.25, 0.3) is 21.8 Å². The summed E-state index contributed by atoms with van der Waals surface area (Å²) in [6.07, 6.45) is 7.98. The number of nitrogens with zero attached hydrogens (tertiary/aromatic N) is 3. The van der Waals surface area contributed by atoms with E-state index in [0.29, 0.717) is 22.7 Å². The Balaban J connectivity index is 1.45. The van der Waals surface area contributed by atoms with E-state index in [2.05, 4.69) is 83.4 Å². The summed E-state index contributed by atoms with van der Waals surface area (Å²) in [6.45, 7) is 5.12. The fourth-order valence-corrected chi connectivity index (χ4v) is 4.86. The minimum absolute atomic E-state index is 0.117. The highest BCUT2D eigenvalue weighted by Gasteiger charge is 2.16. The number of nitrogens with one attached hydrogen (secondary N) is 1. The smallest absolute Gasteiger partial charge is 0.144 e. The first-order chi connectivity index (χ1) is 18.6. The Bertz CT molecular complexity index is 1600. The third-order valence-corrected chi connectivity index (χ3v) is 6.98. The third-order valence-electron chi connectivity index (χ3n) is 6.98. The van der Waals surface area contributed by atoms with Gasteiger partial charge in [0.2, 0.25) is 0 Å². The molecule has 0 fully saturated rings. The highest BCUT2D eigenvalue weighted by atomic mass is 16.5. The van der Waals surface area contributed by atoms with Crippen LogP contribution in [0.5, 0.6) is 5.75 Å². The Morgan fingerprint density at radius 2 is 1.92 bits per heavy atom. The van der Waals surface area contributed by atoms with Crippen molar-refractivity contribution in [3.8, 4) is 11.8 Å². The van der Waals surface area contributed by atoms with Gasteiger partial charge in [0.15, 0.2) is 0 Å². The van der Waals surface area contributed by atoms with E-state index in [1.54, 1.807) is 6.20 Å². The molecule has 0 bridgehead atoms. The molecule has 0 aliphatic rings. The second kappa shape index (κ2) is 11.3. The summed E-state index contributed by atoms with van der Waals surface area (Å²) >= 11 is 0. The van der Waals surface area contributed by atoms with Crippen LogP contribution in [-0.2, 0) is 6.54 Å². The standard InChI is InChI=1S/C32H33N5O/c1-3-5-11-26(4-2)38-31-18-29-27(17-28(31)34)32(24(19-33)20-35-29)36-25-12-13-30-23(16-25)14-15-37(30)21-22-9-7-6-8-10-22/h6-10,12-18,20,26H,3-5,11,21,34H2,1-2H3,(H,35,36). The summed E-state index contributed by atoms with van der Waals surface area (Å²) in [4.78, 5) is 4.54. The molecule has 5 rings (SSSR count). The van der Waals surface area contributed by atoms with Crippen molar-refractivity contribution < 1.29 is 4.74 Å². The van der Waals surface area contributed by atoms with Gasteiger partial charge in [-0.3, -0.25) is 4.98 Å². The molecular weight excluding hydrogens is 470 g/mol. The van der Waals surface area contributed by atoms with Crippen LogP contribution < -0.4 is 15.8 Å². The number of anilines is 3. The van der Waals surface area contributed by atoms with Gasteiger partial charge >= 0.3 is 0 Å². The molecule has 6 heteroatoms. The van der Waals surface area contributed by atoms with E-state index in [1.807, 2.05) is 24.3 Å². The molecule has 0 spiro atoms. The summed E-state index contributed by atoms with van der Waals surface area (Å²) in [5, 5.41) is 15.2. The molecule has 192 valence electrons. The first-order valence-electron chi connectivity index (χ1n) is 13.3. The first kappa shape index (κ1) is 25.2. The third kappa shape index (κ3) is 5.28. The predicted molar refractivity (Wildman–Crippen MR) is 156 cm³/mol. The summed E-state index contributed by atoms with van der Waals surface area (Å²) in [6, 6.07) is 24.8. The second-order valence-corrected chi connectivity index (χ2v) is 9.68. The zero-order chi connectivity index (χ0) is 26.5. The predicted octanol–water partition coefficient (Wildman–Crippen LogP) is 7.78. The summed E-state index contributed by atoms with van der Waals surface area (Å²) in [5.41, 5.74) is 12.2. The van der Waals surface area contributed by atoms with Crippen LogP contribution in [0, 0.1) is 11.3 Å². The molecule has 0 amide bonds. The largest absolute Gasteiger partial charge is 0.488 e. The van der Waals surface area contributed by atoms with Gasteiger partial charge in [0.1, 0.15) is 11.8 Å². The topological polar surface area (TPSA) is 88.9 Å². The number of fused-ring (bicyclic) bond motifs is 2. The quantitative estimate of drug-likeness (QED) is 0.190. The van der Waals surface area contributed by atoms with E-state index in [-0.39, 0.29) is 6.10 Å². The molecule has 2 heterocycles. The van der Waals surface area contributed by atoms with Crippen LogP contribution in [0.4, 0.5) is 17.1 Å². The maximum atomic E-state index is 9.84. The van der Waals surface area contributed by atoms with Gasteiger partial charge in [-0.15, -0.1) is 0 Å². The van der Waals surface area contributed by atoms with Gasteiger partial charge in [0.25, 0.3) is 0 Å². The highest BCUT2D eigenvalue weighted by Crippen LogP contribution is 2.36. The van der Waals surface area contributed by atoms with Crippen LogP contribution in [0.2, 0.25) is 0 Å². The van der Waals surface area contributed by atoms with Crippen molar-refractivity contribution in [2.75, 3.05) is 11.1 Å². The zero-order valence-corrected chi connectivity index (χ0v) is 21.9. The van der Waals surface area contributed by atoms with Crippen molar-refractivity contribution in [3.05, 3.63) is 90.3 Å². The van der Waals surface area contributed by atoms with Crippen LogP contribution in [0.1, 0.15) is 50.7 Å². The SMILES string of the molecule is CCCCC(CC)Oc1cc2ncc(C#N)c(Nc3ccc4c(ccn4Cc4ccccc4)c3)c2cc1N. The van der Waals surface area contributed by atoms with Gasteiger partial charge in [-0.2, -0.15) is 5.26 Å². The van der Waals surface area contributed by atoms with E-state index in [4.69, 9.17) is 10.5 Å². The van der Waals surface area contributed by atoms with Crippen molar-refractivity contribution in [1.82, 2.24) is 9.55 Å². The molecule has 2 aromatic heterocycles. The molecule has 0 radical (unpaired) electrons. The van der Waals surface area contributed by atoms with Gasteiger partial charge in [-0.25, -0.2) is 0 Å². The van der Waals surface area contributed by atoms with Crippen molar-refractivity contribution in [2.24, 2.45) is 0 Å². The zero-order valence-electron chi connectivity index (χ0n) is 21.9. The van der Waals surface area contributed by atoms with Gasteiger partial charge < -0.3 is 20.4 Å². The van der Waals surface area contributed by atoms with Crippen molar-refractivity contribution in [1.29, 1.82) is 5.26 Å². The Labute approximate surface area is 223 Å². The minimum Gasteiger partial charge on any atom is -0.488 e. The molecule has 6 nitrogen and oxygen atoms in total. The Hall–Kier alpha value is -4.50. The number of nitrogens with two attached hydrogens (primary N) is 1. The fraction of sp³-hybridized carbons (Fsp3) is 0.250. The Morgan fingerprint density at radius 3 is 2.68 bits per heavy atom. The number of pyridine rings is 1. The summed E-state index contributed by atoms with van der Waals surface area (Å²) in [7, 11) is 0. The van der Waals surface area contributed by atoms with Gasteiger partial charge in [0.05, 0.1) is 28.6 Å². The first-order valence-corrected chi connectivity index (χ1v) is 13.3. The molecule has 5 aromatic rings. The highest BCUT2D eigenvalue weighted by molar-refractivity contribution is 5.99. The average Bonchev–Trinajstić information content (AvgIpc) is 3.34. The number of unbranched alkanes of at least 4 members (excludes halogenated alkanes) is 1. The molecule has 38 heavy (non-hydrogen) atoms. The normalized spacial score (nSPS) is 11.9. The number of nitrogen functional groups attached to an aromatic ring is 1. The molecule has 0 saturated carbocycles. The molecule has 3 aromatic carbocycles. The van der Waals surface area contributed by atoms with Crippen LogP contribution in [-0.4, -0.2) is 15.7 Å². The maximum absolute atomic E-state index is 9.84. The minimum atomic E-state index is 0.117. The molecule has 0 aliphatic heterocycles. The van der Waals surface area contributed by atoms with E-state index in [1.165, 1.54) is 5.56 Å². The summed E-state index contributed by atoms with van der Waals surface area (Å²) in [5.74, 6) is 0.643. The molecule has 3 N–H and O–H groups in total. The van der Waals surface area contributed by atoms with Crippen LogP contribution in [0.3, 0.4) is 0 Å². The number of ether oxygens (including phenoxy) is 1. The molecule has 0 aliphatic carbocycles. The monoisotopic (exact) mass is 503 g/mol. The van der Waals surface area contributed by atoms with Gasteiger partial charge in [-0.1, -0.05) is 57.0 Å². The molecular formula is C32H33N5O. The maximum Gasteiger partial charge on any atom is 0.144 e. The van der Waals surface area contributed by atoms with Crippen molar-refractivity contribution >= 4 is 38.9 Å². The van der Waals surface area contributed by atoms with Crippen LogP contribution >= 0.6 is 0 Å². The van der Waals surface area contributed by atoms with E-state index in [0.717, 1.165) is 59.7 Å². The number of aromatic nitrogens is 2. The number of hydrogen-bond donors (Lipinski definition) is 2. The molecule has 0 saturated heterocycles. The Kier molecular flexibility index (Phi) is 7.46. The second-order valence-electron chi connectivity index (χ2n) is 9.68. The number of benzene rings is 3. The van der Waals surface area contributed by atoms with E-state index in [9.17, 15) is 5.26 Å². The number of hydrogen-bond acceptors (Lipinski definition) is 5. The number of rotatable bonds is 10. The van der Waals surface area contributed by atoms with E-state index >= 15 is 0 Å². The fourth-order valence-electron chi connectivity index (χ4n) is 4.86. The lowest BCUT2D eigenvalue weighted by Gasteiger charge is -2.20. The number of nitriles is 1. The van der Waals surface area contributed by atoms with E-state index < -0.39 is 0 Å². The lowest BCUT2D eigenvalue weighted by atomic mass is 10.1. The average molecular weight is 504 g/mol. The lowest BCUT2D eigenvalue weighted by Crippen LogP contribution is -2.16. The summed E-state index contributed by atoms with van der Waals surface area (Å²) < 4.78 is 8.50. The van der Waals surface area contributed by atoms with Gasteiger partial charge in [0, 0.05) is 47.0 Å². The van der Waals surface area contributed by atoms with Gasteiger partial charge in [-0.05, 0) is 48.7 Å². The molecule has 1 atom stereocenters.